The van der Waals surface area contributed by atoms with Gasteiger partial charge in [-0.1, -0.05) is 51.5 Å². The Morgan fingerprint density at radius 2 is 1.65 bits per heavy atom. The Bertz CT molecular complexity index is 582. The van der Waals surface area contributed by atoms with Gasteiger partial charge in [0.15, 0.2) is 0 Å². The Balaban J connectivity index is 2.55. The topological polar surface area (TPSA) is 49.4 Å². The number of benzene rings is 1. The van der Waals surface area contributed by atoms with Crippen molar-refractivity contribution in [2.75, 3.05) is 0 Å². The summed E-state index contributed by atoms with van der Waals surface area (Å²) in [5.41, 5.74) is 2.29. The van der Waals surface area contributed by atoms with Crippen LogP contribution in [0, 0.1) is 5.82 Å². The van der Waals surface area contributed by atoms with E-state index in [0.717, 1.165) is 25.3 Å². The van der Waals surface area contributed by atoms with E-state index >= 15 is 0 Å². The highest BCUT2D eigenvalue weighted by atomic mass is 19.1. The van der Waals surface area contributed by atoms with Crippen LogP contribution in [0.15, 0.2) is 24.3 Å². The molecule has 2 amide bonds. The van der Waals surface area contributed by atoms with Crippen LogP contribution in [0.25, 0.3) is 0 Å². The van der Waals surface area contributed by atoms with Gasteiger partial charge in [0.25, 0.3) is 5.91 Å². The fourth-order valence-electron chi connectivity index (χ4n) is 2.75. The first kappa shape index (κ1) is 22.1. The minimum atomic E-state index is -0.554. The van der Waals surface area contributed by atoms with Gasteiger partial charge in [-0.2, -0.15) is 0 Å². The molecule has 0 heterocycles. The minimum Gasteiger partial charge on any atom is -0.273 e. The molecule has 0 aliphatic rings. The number of rotatable bonds is 9. The van der Waals surface area contributed by atoms with E-state index in [4.69, 9.17) is 0 Å². The lowest BCUT2D eigenvalue weighted by molar-refractivity contribution is -0.139. The van der Waals surface area contributed by atoms with E-state index < -0.39 is 17.3 Å². The van der Waals surface area contributed by atoms with E-state index in [0.29, 0.717) is 6.42 Å². The summed E-state index contributed by atoms with van der Waals surface area (Å²) in [6.07, 6.45) is 8.32. The van der Waals surface area contributed by atoms with Crippen LogP contribution in [0.3, 0.4) is 0 Å². The predicted octanol–water partition coefficient (Wildman–Crippen LogP) is 5.24. The Hall–Kier alpha value is -1.91. The Kier molecular flexibility index (Phi) is 9.31. The summed E-state index contributed by atoms with van der Waals surface area (Å²) in [5.74, 6) is -1.07. The Labute approximate surface area is 157 Å². The van der Waals surface area contributed by atoms with E-state index in [1.54, 1.807) is 0 Å². The monoisotopic (exact) mass is 364 g/mol. The molecule has 4 nitrogen and oxygen atoms in total. The number of nitrogens with one attached hydrogen (secondary N) is 1. The summed E-state index contributed by atoms with van der Waals surface area (Å²) in [6.45, 7) is 7.78. The molecular weight excluding hydrogens is 331 g/mol. The first-order valence-corrected chi connectivity index (χ1v) is 9.65. The molecule has 0 atom stereocenters. The number of carbonyl (C=O) groups is 2. The lowest BCUT2D eigenvalue weighted by atomic mass is 10.1. The van der Waals surface area contributed by atoms with Crippen LogP contribution in [0.2, 0.25) is 0 Å². The zero-order valence-corrected chi connectivity index (χ0v) is 16.6. The molecule has 5 heteroatoms. The molecule has 0 radical (unpaired) electrons. The molecule has 1 aromatic rings. The third-order valence-corrected chi connectivity index (χ3v) is 4.21. The molecular formula is C21H33FN2O2. The Morgan fingerprint density at radius 3 is 2.23 bits per heavy atom. The molecule has 1 rings (SSSR count). The first-order chi connectivity index (χ1) is 12.3. The van der Waals surface area contributed by atoms with Crippen LogP contribution in [0.1, 0.15) is 89.4 Å². The molecule has 0 unspecified atom stereocenters. The second-order valence-electron chi connectivity index (χ2n) is 7.72. The van der Waals surface area contributed by atoms with Gasteiger partial charge < -0.3 is 0 Å². The molecule has 0 aliphatic heterocycles. The molecule has 0 aliphatic carbocycles. The second-order valence-corrected chi connectivity index (χ2v) is 7.72. The summed E-state index contributed by atoms with van der Waals surface area (Å²) in [5, 5.41) is 1.37. The quantitative estimate of drug-likeness (QED) is 0.481. The molecule has 0 saturated carbocycles. The van der Waals surface area contributed by atoms with Crippen LogP contribution < -0.4 is 5.43 Å². The van der Waals surface area contributed by atoms with Gasteiger partial charge in [0.2, 0.25) is 5.91 Å². The summed E-state index contributed by atoms with van der Waals surface area (Å²) >= 11 is 0. The molecule has 146 valence electrons. The van der Waals surface area contributed by atoms with Crippen molar-refractivity contribution < 1.29 is 14.0 Å². The SMILES string of the molecule is CCCCCCCCCC(=O)N(NC(=O)c1cccc(F)c1)C(C)(C)C. The van der Waals surface area contributed by atoms with Crippen LogP contribution in [-0.2, 0) is 4.79 Å². The van der Waals surface area contributed by atoms with Crippen LogP contribution in [-0.4, -0.2) is 22.4 Å². The molecule has 1 N–H and O–H groups in total. The summed E-state index contributed by atoms with van der Waals surface area (Å²) < 4.78 is 13.3. The van der Waals surface area contributed by atoms with Gasteiger partial charge in [-0.25, -0.2) is 9.40 Å². The number of halogens is 1. The van der Waals surface area contributed by atoms with Crippen molar-refractivity contribution in [3.8, 4) is 0 Å². The average molecular weight is 365 g/mol. The van der Waals surface area contributed by atoms with Gasteiger partial charge in [0, 0.05) is 12.0 Å². The standard InChI is InChI=1S/C21H33FN2O2/c1-5-6-7-8-9-10-11-15-19(25)24(21(2,3)4)23-20(26)17-13-12-14-18(22)16-17/h12-14,16H,5-11,15H2,1-4H3,(H,23,26). The molecule has 0 fully saturated rings. The molecule has 0 saturated heterocycles. The third-order valence-electron chi connectivity index (χ3n) is 4.21. The van der Waals surface area contributed by atoms with Crippen molar-refractivity contribution in [1.82, 2.24) is 10.4 Å². The van der Waals surface area contributed by atoms with Crippen molar-refractivity contribution in [2.45, 2.75) is 84.6 Å². The van der Waals surface area contributed by atoms with Gasteiger partial charge >= 0.3 is 0 Å². The second kappa shape index (κ2) is 10.9. The fourth-order valence-corrected chi connectivity index (χ4v) is 2.75. The maximum atomic E-state index is 13.3. The lowest BCUT2D eigenvalue weighted by Gasteiger charge is -2.35. The number of carbonyl (C=O) groups excluding carboxylic acids is 2. The van der Waals surface area contributed by atoms with Crippen molar-refractivity contribution in [1.29, 1.82) is 0 Å². The summed E-state index contributed by atoms with van der Waals surface area (Å²) in [6, 6.07) is 5.45. The summed E-state index contributed by atoms with van der Waals surface area (Å²) in [7, 11) is 0. The molecule has 0 bridgehead atoms. The zero-order valence-electron chi connectivity index (χ0n) is 16.6. The average Bonchev–Trinajstić information content (AvgIpc) is 2.57. The van der Waals surface area contributed by atoms with Gasteiger partial charge in [-0.15, -0.1) is 0 Å². The smallest absolute Gasteiger partial charge is 0.269 e. The maximum absolute atomic E-state index is 13.3. The number of unbranched alkanes of at least 4 members (excludes halogenated alkanes) is 6. The van der Waals surface area contributed by atoms with E-state index in [9.17, 15) is 14.0 Å². The van der Waals surface area contributed by atoms with Gasteiger partial charge in [0.05, 0.1) is 5.54 Å². The third kappa shape index (κ3) is 7.98. The van der Waals surface area contributed by atoms with Crippen molar-refractivity contribution >= 4 is 11.8 Å². The van der Waals surface area contributed by atoms with Crippen molar-refractivity contribution in [3.63, 3.8) is 0 Å². The number of hydrogen-bond donors (Lipinski definition) is 1. The van der Waals surface area contributed by atoms with Crippen LogP contribution >= 0.6 is 0 Å². The van der Waals surface area contributed by atoms with Gasteiger partial charge in [0.1, 0.15) is 5.82 Å². The molecule has 0 spiro atoms. The summed E-state index contributed by atoms with van der Waals surface area (Å²) in [4.78, 5) is 25.0. The van der Waals surface area contributed by atoms with E-state index in [1.807, 2.05) is 20.8 Å². The fraction of sp³-hybridized carbons (Fsp3) is 0.619. The number of amides is 2. The molecule has 26 heavy (non-hydrogen) atoms. The predicted molar refractivity (Wildman–Crippen MR) is 103 cm³/mol. The number of hydrogen-bond acceptors (Lipinski definition) is 2. The normalized spacial score (nSPS) is 11.3. The highest BCUT2D eigenvalue weighted by Crippen LogP contribution is 2.16. The highest BCUT2D eigenvalue weighted by molar-refractivity contribution is 5.95. The van der Waals surface area contributed by atoms with Crippen LogP contribution in [0.5, 0.6) is 0 Å². The first-order valence-electron chi connectivity index (χ1n) is 9.65. The van der Waals surface area contributed by atoms with E-state index in [2.05, 4.69) is 12.3 Å². The minimum absolute atomic E-state index is 0.115. The molecule has 0 aromatic heterocycles. The largest absolute Gasteiger partial charge is 0.273 e. The van der Waals surface area contributed by atoms with Gasteiger partial charge in [-0.3, -0.25) is 15.0 Å². The van der Waals surface area contributed by atoms with Crippen molar-refractivity contribution in [3.05, 3.63) is 35.6 Å². The zero-order chi connectivity index (χ0) is 19.6. The Morgan fingerprint density at radius 1 is 1.04 bits per heavy atom. The van der Waals surface area contributed by atoms with Crippen molar-refractivity contribution in [2.24, 2.45) is 0 Å². The molecule has 1 aromatic carbocycles. The number of hydrazine groups is 1. The van der Waals surface area contributed by atoms with Crippen LogP contribution in [0.4, 0.5) is 4.39 Å². The highest BCUT2D eigenvalue weighted by Gasteiger charge is 2.28. The van der Waals surface area contributed by atoms with E-state index in [-0.39, 0.29) is 11.5 Å². The van der Waals surface area contributed by atoms with E-state index in [1.165, 1.54) is 48.9 Å². The number of nitrogens with zero attached hydrogens (tertiary/aromatic N) is 1. The lowest BCUT2D eigenvalue weighted by Crippen LogP contribution is -2.55. The van der Waals surface area contributed by atoms with Gasteiger partial charge in [-0.05, 0) is 45.4 Å². The maximum Gasteiger partial charge on any atom is 0.269 e.